The summed E-state index contributed by atoms with van der Waals surface area (Å²) in [5.41, 5.74) is 0. The van der Waals surface area contributed by atoms with Crippen LogP contribution in [0, 0.1) is 5.92 Å². The fourth-order valence-corrected chi connectivity index (χ4v) is 0.474. The summed E-state index contributed by atoms with van der Waals surface area (Å²) in [6.45, 7) is 3.57. The maximum atomic E-state index is 9.97. The van der Waals surface area contributed by atoms with E-state index in [2.05, 4.69) is 0 Å². The van der Waals surface area contributed by atoms with Crippen molar-refractivity contribution in [3.8, 4) is 0 Å². The molecule has 1 atom stereocenters. The van der Waals surface area contributed by atoms with Gasteiger partial charge in [-0.25, -0.2) is 4.79 Å². The monoisotopic (exact) mass is 131 g/mol. The summed E-state index contributed by atoms with van der Waals surface area (Å²) in [5.74, 6) is -0.235. The minimum atomic E-state index is -1.23. The average Bonchev–Trinajstić information content (AvgIpc) is 1.63. The van der Waals surface area contributed by atoms with Gasteiger partial charge in [-0.1, -0.05) is 13.8 Å². The molecule has 0 aliphatic carbocycles. The smallest absolute Gasteiger partial charge is 0.332 e. The van der Waals surface area contributed by atoms with Gasteiger partial charge in [0.1, 0.15) is 0 Å². The summed E-state index contributed by atoms with van der Waals surface area (Å²) in [6.07, 6.45) is -0.981. The first kappa shape index (κ1) is 8.43. The van der Waals surface area contributed by atoms with E-state index in [0.717, 1.165) is 5.92 Å². The third-order valence-electron chi connectivity index (χ3n) is 0.887. The Hall–Kier alpha value is -0.570. The Morgan fingerprint density at radius 2 is 2.00 bits per heavy atom. The van der Waals surface area contributed by atoms with E-state index in [1.807, 2.05) is 0 Å². The SMILES string of the molecule is C[C](C)CC(O)C(=O)O. The van der Waals surface area contributed by atoms with Crippen LogP contribution in [0.3, 0.4) is 0 Å². The number of hydrogen-bond donors (Lipinski definition) is 2. The van der Waals surface area contributed by atoms with Gasteiger partial charge in [-0.05, 0) is 12.3 Å². The zero-order valence-electron chi connectivity index (χ0n) is 5.59. The first-order valence-corrected chi connectivity index (χ1v) is 2.74. The molecule has 0 saturated carbocycles. The van der Waals surface area contributed by atoms with Gasteiger partial charge >= 0.3 is 5.97 Å². The quantitative estimate of drug-likeness (QED) is 0.584. The Kier molecular flexibility index (Phi) is 3.24. The van der Waals surface area contributed by atoms with Crippen LogP contribution in [0.5, 0.6) is 0 Å². The van der Waals surface area contributed by atoms with Crippen LogP contribution < -0.4 is 0 Å². The maximum absolute atomic E-state index is 9.97. The lowest BCUT2D eigenvalue weighted by atomic mass is 10.1. The third kappa shape index (κ3) is 3.97. The minimum absolute atomic E-state index is 0.245. The molecule has 0 bridgehead atoms. The molecule has 2 N–H and O–H groups in total. The number of rotatable bonds is 3. The van der Waals surface area contributed by atoms with Gasteiger partial charge in [0.25, 0.3) is 0 Å². The summed E-state index contributed by atoms with van der Waals surface area (Å²) in [6, 6.07) is 0. The van der Waals surface area contributed by atoms with Crippen LogP contribution in [0.4, 0.5) is 0 Å². The summed E-state index contributed by atoms with van der Waals surface area (Å²) < 4.78 is 0. The van der Waals surface area contributed by atoms with Crippen molar-refractivity contribution in [3.63, 3.8) is 0 Å². The molecule has 3 nitrogen and oxygen atoms in total. The molecule has 0 saturated heterocycles. The first-order valence-electron chi connectivity index (χ1n) is 2.74. The number of carboxylic acid groups (broad SMARTS) is 1. The number of aliphatic hydroxyl groups excluding tert-OH is 1. The van der Waals surface area contributed by atoms with E-state index in [4.69, 9.17) is 10.2 Å². The van der Waals surface area contributed by atoms with E-state index in [1.165, 1.54) is 0 Å². The van der Waals surface area contributed by atoms with Crippen molar-refractivity contribution < 1.29 is 15.0 Å². The normalized spacial score (nSPS) is 13.8. The second-order valence-corrected chi connectivity index (χ2v) is 2.27. The molecule has 1 unspecified atom stereocenters. The lowest BCUT2D eigenvalue weighted by molar-refractivity contribution is -0.146. The molecule has 9 heavy (non-hydrogen) atoms. The number of hydrogen-bond acceptors (Lipinski definition) is 2. The van der Waals surface area contributed by atoms with Crippen LogP contribution >= 0.6 is 0 Å². The molecule has 0 aliphatic heterocycles. The topological polar surface area (TPSA) is 57.5 Å². The number of aliphatic carboxylic acids is 1. The standard InChI is InChI=1S/C6H11O3/c1-4(2)3-5(7)6(8)9/h5,7H,3H2,1-2H3,(H,8,9). The van der Waals surface area contributed by atoms with Gasteiger partial charge in [0, 0.05) is 0 Å². The zero-order valence-corrected chi connectivity index (χ0v) is 5.59. The predicted octanol–water partition coefficient (Wildman–Crippen LogP) is 0.436. The van der Waals surface area contributed by atoms with Gasteiger partial charge in [0.15, 0.2) is 6.10 Å². The van der Waals surface area contributed by atoms with Gasteiger partial charge in [-0.3, -0.25) is 0 Å². The molecule has 0 spiro atoms. The molecule has 0 heterocycles. The molecule has 0 aromatic rings. The second-order valence-electron chi connectivity index (χ2n) is 2.27. The lowest BCUT2D eigenvalue weighted by Crippen LogP contribution is -2.20. The van der Waals surface area contributed by atoms with Gasteiger partial charge in [0.2, 0.25) is 0 Å². The summed E-state index contributed by atoms with van der Waals surface area (Å²) in [4.78, 5) is 9.97. The molecule has 0 aromatic heterocycles. The number of carboxylic acids is 1. The second kappa shape index (κ2) is 3.45. The van der Waals surface area contributed by atoms with Crippen molar-refractivity contribution >= 4 is 5.97 Å². The van der Waals surface area contributed by atoms with E-state index in [1.54, 1.807) is 13.8 Å². The highest BCUT2D eigenvalue weighted by molar-refractivity contribution is 5.72. The van der Waals surface area contributed by atoms with E-state index in [-0.39, 0.29) is 6.42 Å². The Morgan fingerprint density at radius 3 is 2.11 bits per heavy atom. The molecule has 0 aliphatic rings. The van der Waals surface area contributed by atoms with Gasteiger partial charge < -0.3 is 10.2 Å². The van der Waals surface area contributed by atoms with Crippen LogP contribution in [-0.4, -0.2) is 22.3 Å². The molecule has 0 fully saturated rings. The summed E-state index contributed by atoms with van der Waals surface area (Å²) >= 11 is 0. The number of aliphatic hydroxyl groups is 1. The zero-order chi connectivity index (χ0) is 7.44. The molecule has 3 heteroatoms. The maximum Gasteiger partial charge on any atom is 0.332 e. The highest BCUT2D eigenvalue weighted by Gasteiger charge is 2.13. The van der Waals surface area contributed by atoms with Crippen molar-refractivity contribution in [2.24, 2.45) is 0 Å². The van der Waals surface area contributed by atoms with Crippen molar-refractivity contribution in [2.75, 3.05) is 0 Å². The molecule has 53 valence electrons. The van der Waals surface area contributed by atoms with E-state index < -0.39 is 12.1 Å². The Morgan fingerprint density at radius 1 is 1.56 bits per heavy atom. The van der Waals surface area contributed by atoms with E-state index in [9.17, 15) is 4.79 Å². The highest BCUT2D eigenvalue weighted by Crippen LogP contribution is 2.05. The van der Waals surface area contributed by atoms with Crippen molar-refractivity contribution in [2.45, 2.75) is 26.4 Å². The largest absolute Gasteiger partial charge is 0.479 e. The Labute approximate surface area is 54.3 Å². The van der Waals surface area contributed by atoms with Crippen LogP contribution in [0.25, 0.3) is 0 Å². The molecule has 0 amide bonds. The minimum Gasteiger partial charge on any atom is -0.479 e. The highest BCUT2D eigenvalue weighted by atomic mass is 16.4. The van der Waals surface area contributed by atoms with Crippen molar-refractivity contribution in [1.82, 2.24) is 0 Å². The van der Waals surface area contributed by atoms with Gasteiger partial charge in [-0.2, -0.15) is 0 Å². The molecule has 0 rings (SSSR count). The molecule has 1 radical (unpaired) electrons. The van der Waals surface area contributed by atoms with Crippen LogP contribution in [0.15, 0.2) is 0 Å². The van der Waals surface area contributed by atoms with Crippen molar-refractivity contribution in [1.29, 1.82) is 0 Å². The summed E-state index contributed by atoms with van der Waals surface area (Å²) in [7, 11) is 0. The van der Waals surface area contributed by atoms with Crippen molar-refractivity contribution in [3.05, 3.63) is 5.92 Å². The summed E-state index contributed by atoms with van der Waals surface area (Å²) in [5, 5.41) is 16.8. The van der Waals surface area contributed by atoms with Gasteiger partial charge in [0.05, 0.1) is 0 Å². The molecular weight excluding hydrogens is 120 g/mol. The first-order chi connectivity index (χ1) is 4.04. The van der Waals surface area contributed by atoms with E-state index >= 15 is 0 Å². The van der Waals surface area contributed by atoms with E-state index in [0.29, 0.717) is 0 Å². The molecular formula is C6H11O3. The number of carbonyl (C=O) groups is 1. The average molecular weight is 131 g/mol. The fraction of sp³-hybridized carbons (Fsp3) is 0.667. The lowest BCUT2D eigenvalue weighted by Gasteiger charge is -2.05. The third-order valence-corrected chi connectivity index (χ3v) is 0.887. The Bertz CT molecular complexity index is 98.5. The Balaban J connectivity index is 3.50. The fourth-order valence-electron chi connectivity index (χ4n) is 0.474. The molecule has 0 aromatic carbocycles. The van der Waals surface area contributed by atoms with Gasteiger partial charge in [-0.15, -0.1) is 0 Å². The van der Waals surface area contributed by atoms with Crippen LogP contribution in [0.2, 0.25) is 0 Å². The van der Waals surface area contributed by atoms with Crippen LogP contribution in [0.1, 0.15) is 20.3 Å². The van der Waals surface area contributed by atoms with Crippen LogP contribution in [-0.2, 0) is 4.79 Å². The predicted molar refractivity (Wildman–Crippen MR) is 32.9 cm³/mol.